The minimum absolute atomic E-state index is 0.468. The first kappa shape index (κ1) is 15.0. The molecule has 0 amide bonds. The Bertz CT molecular complexity index is 736. The third-order valence-electron chi connectivity index (χ3n) is 3.54. The summed E-state index contributed by atoms with van der Waals surface area (Å²) >= 11 is 0. The predicted molar refractivity (Wildman–Crippen MR) is 91.2 cm³/mol. The molecule has 3 aromatic rings. The number of benzene rings is 2. The second kappa shape index (κ2) is 7.94. The molecule has 1 aromatic heterocycles. The molecular formula is C19H19N3O. The van der Waals surface area contributed by atoms with Crippen molar-refractivity contribution < 1.29 is 4.84 Å². The molecule has 0 aliphatic heterocycles. The van der Waals surface area contributed by atoms with Crippen molar-refractivity contribution in [2.45, 2.75) is 19.6 Å². The van der Waals surface area contributed by atoms with Gasteiger partial charge in [0.25, 0.3) is 0 Å². The molecule has 0 unspecified atom stereocenters. The summed E-state index contributed by atoms with van der Waals surface area (Å²) in [4.78, 5) is 5.34. The van der Waals surface area contributed by atoms with E-state index in [0.717, 1.165) is 24.2 Å². The van der Waals surface area contributed by atoms with E-state index >= 15 is 0 Å². The Balaban J connectivity index is 1.52. The first-order valence-electron chi connectivity index (χ1n) is 7.67. The normalized spacial score (nSPS) is 11.0. The molecule has 0 radical (unpaired) electrons. The van der Waals surface area contributed by atoms with E-state index in [1.807, 2.05) is 47.1 Å². The summed E-state index contributed by atoms with van der Waals surface area (Å²) in [6.07, 6.45) is 4.43. The topological polar surface area (TPSA) is 39.4 Å². The monoisotopic (exact) mass is 305 g/mol. The highest BCUT2D eigenvalue weighted by molar-refractivity contribution is 5.76. The fourth-order valence-corrected chi connectivity index (χ4v) is 2.30. The van der Waals surface area contributed by atoms with E-state index < -0.39 is 0 Å². The maximum absolute atomic E-state index is 5.34. The standard InChI is InChI=1S/C19H19N3O/c1-3-7-17(8-4-1)12-14-22-19(11-13-20-22)15-21-23-16-18-9-5-2-6-10-18/h1-11,13,15H,12,14,16H2/b21-15+. The zero-order valence-electron chi connectivity index (χ0n) is 12.9. The van der Waals surface area contributed by atoms with Gasteiger partial charge in [-0.2, -0.15) is 5.10 Å². The van der Waals surface area contributed by atoms with Crippen LogP contribution in [0.2, 0.25) is 0 Å². The average molecular weight is 305 g/mol. The molecule has 0 aliphatic carbocycles. The minimum atomic E-state index is 0.468. The van der Waals surface area contributed by atoms with Crippen molar-refractivity contribution in [2.75, 3.05) is 0 Å². The quantitative estimate of drug-likeness (QED) is 0.493. The summed E-state index contributed by atoms with van der Waals surface area (Å²) in [5, 5.41) is 8.38. The lowest BCUT2D eigenvalue weighted by molar-refractivity contribution is 0.132. The molecule has 0 saturated carbocycles. The van der Waals surface area contributed by atoms with Crippen LogP contribution in [0.4, 0.5) is 0 Å². The minimum Gasteiger partial charge on any atom is -0.391 e. The fourth-order valence-electron chi connectivity index (χ4n) is 2.30. The van der Waals surface area contributed by atoms with Gasteiger partial charge in [0.2, 0.25) is 0 Å². The van der Waals surface area contributed by atoms with Gasteiger partial charge in [-0.3, -0.25) is 4.68 Å². The summed E-state index contributed by atoms with van der Waals surface area (Å²) < 4.78 is 1.93. The van der Waals surface area contributed by atoms with E-state index in [1.54, 1.807) is 12.4 Å². The maximum Gasteiger partial charge on any atom is 0.142 e. The average Bonchev–Trinajstić information content (AvgIpc) is 3.06. The summed E-state index contributed by atoms with van der Waals surface area (Å²) in [6.45, 7) is 1.28. The SMILES string of the molecule is C(=N\OCc1ccccc1)/c1ccnn1CCc1ccccc1. The summed E-state index contributed by atoms with van der Waals surface area (Å²) in [6, 6.07) is 22.3. The molecule has 0 atom stereocenters. The van der Waals surface area contributed by atoms with Gasteiger partial charge in [-0.1, -0.05) is 65.8 Å². The lowest BCUT2D eigenvalue weighted by Crippen LogP contribution is -2.07. The predicted octanol–water partition coefficient (Wildman–Crippen LogP) is 3.68. The van der Waals surface area contributed by atoms with Gasteiger partial charge in [0.15, 0.2) is 0 Å². The zero-order chi connectivity index (χ0) is 15.7. The number of hydrogen-bond acceptors (Lipinski definition) is 3. The van der Waals surface area contributed by atoms with Crippen LogP contribution in [0.5, 0.6) is 0 Å². The van der Waals surface area contributed by atoms with Gasteiger partial charge in [-0.25, -0.2) is 0 Å². The van der Waals surface area contributed by atoms with Crippen molar-refractivity contribution in [3.8, 4) is 0 Å². The van der Waals surface area contributed by atoms with Crippen LogP contribution < -0.4 is 0 Å². The van der Waals surface area contributed by atoms with Crippen LogP contribution in [0.3, 0.4) is 0 Å². The lowest BCUT2D eigenvalue weighted by atomic mass is 10.1. The van der Waals surface area contributed by atoms with Gasteiger partial charge in [0.05, 0.1) is 11.9 Å². The molecule has 2 aromatic carbocycles. The van der Waals surface area contributed by atoms with Crippen molar-refractivity contribution in [3.63, 3.8) is 0 Å². The second-order valence-corrected chi connectivity index (χ2v) is 5.21. The van der Waals surface area contributed by atoms with Gasteiger partial charge in [-0.05, 0) is 23.6 Å². The molecule has 1 heterocycles. The zero-order valence-corrected chi connectivity index (χ0v) is 12.9. The van der Waals surface area contributed by atoms with Crippen LogP contribution >= 0.6 is 0 Å². The van der Waals surface area contributed by atoms with Crippen LogP contribution in [0, 0.1) is 0 Å². The van der Waals surface area contributed by atoms with E-state index in [9.17, 15) is 0 Å². The van der Waals surface area contributed by atoms with Gasteiger partial charge < -0.3 is 4.84 Å². The Kier molecular flexibility index (Phi) is 5.19. The van der Waals surface area contributed by atoms with Crippen molar-refractivity contribution in [3.05, 3.63) is 89.7 Å². The number of oxime groups is 1. The Hall–Kier alpha value is -2.88. The molecule has 4 nitrogen and oxygen atoms in total. The van der Waals surface area contributed by atoms with Crippen molar-refractivity contribution in [1.29, 1.82) is 0 Å². The largest absolute Gasteiger partial charge is 0.391 e. The fraction of sp³-hybridized carbons (Fsp3) is 0.158. The highest BCUT2D eigenvalue weighted by Gasteiger charge is 2.00. The van der Waals surface area contributed by atoms with Crippen molar-refractivity contribution in [1.82, 2.24) is 9.78 Å². The Labute approximate surface area is 136 Å². The van der Waals surface area contributed by atoms with E-state index in [4.69, 9.17) is 4.84 Å². The number of nitrogens with zero attached hydrogens (tertiary/aromatic N) is 3. The molecule has 4 heteroatoms. The Morgan fingerprint density at radius 2 is 1.61 bits per heavy atom. The van der Waals surface area contributed by atoms with E-state index in [2.05, 4.69) is 34.5 Å². The van der Waals surface area contributed by atoms with Gasteiger partial charge >= 0.3 is 0 Å². The van der Waals surface area contributed by atoms with Gasteiger partial charge in [-0.15, -0.1) is 0 Å². The van der Waals surface area contributed by atoms with E-state index in [-0.39, 0.29) is 0 Å². The third kappa shape index (κ3) is 4.54. The molecule has 0 bridgehead atoms. The maximum atomic E-state index is 5.34. The first-order chi connectivity index (χ1) is 11.4. The van der Waals surface area contributed by atoms with E-state index in [1.165, 1.54) is 5.56 Å². The molecule has 23 heavy (non-hydrogen) atoms. The third-order valence-corrected chi connectivity index (χ3v) is 3.54. The van der Waals surface area contributed by atoms with Crippen LogP contribution in [-0.4, -0.2) is 16.0 Å². The van der Waals surface area contributed by atoms with Gasteiger partial charge in [0, 0.05) is 12.7 Å². The summed E-state index contributed by atoms with van der Waals surface area (Å²) in [7, 11) is 0. The molecular weight excluding hydrogens is 286 g/mol. The molecule has 0 N–H and O–H groups in total. The number of hydrogen-bond donors (Lipinski definition) is 0. The Morgan fingerprint density at radius 1 is 0.913 bits per heavy atom. The molecule has 0 spiro atoms. The van der Waals surface area contributed by atoms with Crippen LogP contribution in [0.25, 0.3) is 0 Å². The van der Waals surface area contributed by atoms with Crippen molar-refractivity contribution >= 4 is 6.21 Å². The number of aryl methyl sites for hydroxylation is 2. The number of rotatable bonds is 7. The highest BCUT2D eigenvalue weighted by Crippen LogP contribution is 2.04. The molecule has 0 aliphatic rings. The molecule has 3 rings (SSSR count). The Morgan fingerprint density at radius 3 is 2.35 bits per heavy atom. The molecule has 0 fully saturated rings. The second-order valence-electron chi connectivity index (χ2n) is 5.21. The van der Waals surface area contributed by atoms with E-state index in [0.29, 0.717) is 6.61 Å². The van der Waals surface area contributed by atoms with Crippen LogP contribution in [0.1, 0.15) is 16.8 Å². The summed E-state index contributed by atoms with van der Waals surface area (Å²) in [5.74, 6) is 0. The highest BCUT2D eigenvalue weighted by atomic mass is 16.6. The smallest absolute Gasteiger partial charge is 0.142 e. The van der Waals surface area contributed by atoms with Crippen LogP contribution in [0.15, 0.2) is 78.1 Å². The van der Waals surface area contributed by atoms with Crippen LogP contribution in [-0.2, 0) is 24.4 Å². The first-order valence-corrected chi connectivity index (χ1v) is 7.67. The number of aromatic nitrogens is 2. The summed E-state index contributed by atoms with van der Waals surface area (Å²) in [5.41, 5.74) is 3.34. The molecule has 116 valence electrons. The molecule has 0 saturated heterocycles. The lowest BCUT2D eigenvalue weighted by Gasteiger charge is -2.04. The van der Waals surface area contributed by atoms with Gasteiger partial charge in [0.1, 0.15) is 6.61 Å². The van der Waals surface area contributed by atoms with Crippen molar-refractivity contribution in [2.24, 2.45) is 5.16 Å².